The number of carbonyl (C=O) groups excluding carboxylic acids is 11. The number of rotatable bonds is 12. The molecule has 4 heterocycles. The van der Waals surface area contributed by atoms with E-state index in [-0.39, 0.29) is 93.2 Å². The summed E-state index contributed by atoms with van der Waals surface area (Å²) >= 11 is 0. The molecule has 4 aliphatic heterocycles. The third kappa shape index (κ3) is 16.0. The molecule has 79 heavy (non-hydrogen) atoms. The number of hydrogen-bond donors (Lipinski definition) is 3. The fourth-order valence-electron chi connectivity index (χ4n) is 12.1. The van der Waals surface area contributed by atoms with Gasteiger partial charge in [-0.15, -0.1) is 0 Å². The number of nitrogens with one attached hydrogen (secondary N) is 3. The van der Waals surface area contributed by atoms with Crippen molar-refractivity contribution in [3.05, 3.63) is 0 Å². The average Bonchev–Trinajstić information content (AvgIpc) is 4.11. The van der Waals surface area contributed by atoms with Crippen molar-refractivity contribution in [3.63, 3.8) is 0 Å². The molecular formula is C57H96N10O12. The summed E-state index contributed by atoms with van der Waals surface area (Å²) < 4.78 is 5.91. The molecule has 446 valence electrons. The first kappa shape index (κ1) is 65.7. The van der Waals surface area contributed by atoms with Gasteiger partial charge in [-0.05, 0) is 93.3 Å². The van der Waals surface area contributed by atoms with Crippen LogP contribution in [0.2, 0.25) is 0 Å². The Balaban J connectivity index is 1.87. The van der Waals surface area contributed by atoms with Crippen molar-refractivity contribution < 1.29 is 57.5 Å². The van der Waals surface area contributed by atoms with Crippen LogP contribution in [0.25, 0.3) is 0 Å². The number of nitrogens with zero attached hydrogens (tertiary/aromatic N) is 7. The summed E-state index contributed by atoms with van der Waals surface area (Å²) in [4.78, 5) is 169. The molecule has 0 aromatic carbocycles. The summed E-state index contributed by atoms with van der Waals surface area (Å²) in [6.45, 7) is 24.8. The first-order chi connectivity index (χ1) is 36.7. The third-order valence-electron chi connectivity index (χ3n) is 16.1. The van der Waals surface area contributed by atoms with Crippen LogP contribution in [0.15, 0.2) is 0 Å². The Morgan fingerprint density at radius 3 is 1.76 bits per heavy atom. The van der Waals surface area contributed by atoms with Gasteiger partial charge in [0.05, 0.1) is 0 Å². The van der Waals surface area contributed by atoms with Gasteiger partial charge < -0.3 is 55.0 Å². The van der Waals surface area contributed by atoms with E-state index in [4.69, 9.17) is 4.74 Å². The van der Waals surface area contributed by atoms with E-state index in [1.165, 1.54) is 71.4 Å². The molecule has 0 aliphatic carbocycles. The van der Waals surface area contributed by atoms with Crippen LogP contribution in [0.3, 0.4) is 0 Å². The highest BCUT2D eigenvalue weighted by Crippen LogP contribution is 2.31. The molecule has 3 N–H and O–H groups in total. The molecule has 0 spiro atoms. The summed E-state index contributed by atoms with van der Waals surface area (Å²) in [5, 5.41) is 8.44. The minimum Gasteiger partial charge on any atom is -0.459 e. The van der Waals surface area contributed by atoms with Crippen molar-refractivity contribution in [1.82, 2.24) is 50.2 Å². The molecule has 22 heteroatoms. The molecule has 12 atom stereocenters. The van der Waals surface area contributed by atoms with E-state index in [0.29, 0.717) is 12.8 Å². The van der Waals surface area contributed by atoms with Gasteiger partial charge in [0.15, 0.2) is 0 Å². The van der Waals surface area contributed by atoms with Crippen molar-refractivity contribution in [1.29, 1.82) is 0 Å². The number of likely N-dealkylation sites (N-methyl/N-ethyl adjacent to an activating group) is 4. The first-order valence-corrected chi connectivity index (χ1v) is 28.7. The van der Waals surface area contributed by atoms with E-state index in [1.807, 2.05) is 55.4 Å². The third-order valence-corrected chi connectivity index (χ3v) is 16.1. The summed E-state index contributed by atoms with van der Waals surface area (Å²) in [6, 6.07) is -10.2. The average molecular weight is 1110 g/mol. The molecular weight excluding hydrogens is 1020 g/mol. The van der Waals surface area contributed by atoms with E-state index in [2.05, 4.69) is 16.0 Å². The Morgan fingerprint density at radius 2 is 1.22 bits per heavy atom. The van der Waals surface area contributed by atoms with Gasteiger partial charge in [-0.25, -0.2) is 0 Å². The van der Waals surface area contributed by atoms with Crippen LogP contribution in [0.1, 0.15) is 142 Å². The monoisotopic (exact) mass is 1110 g/mol. The summed E-state index contributed by atoms with van der Waals surface area (Å²) in [7, 11) is 5.86. The zero-order valence-corrected chi connectivity index (χ0v) is 50.6. The van der Waals surface area contributed by atoms with Gasteiger partial charge in [0, 0.05) is 54.7 Å². The molecule has 2 unspecified atom stereocenters. The summed E-state index contributed by atoms with van der Waals surface area (Å²) in [6.07, 6.45) is 0.259. The van der Waals surface area contributed by atoms with Crippen molar-refractivity contribution in [2.75, 3.05) is 54.4 Å². The van der Waals surface area contributed by atoms with Crippen LogP contribution in [-0.4, -0.2) is 214 Å². The number of ether oxygens (including phenoxy) is 1. The predicted molar refractivity (Wildman–Crippen MR) is 296 cm³/mol. The molecule has 0 bridgehead atoms. The van der Waals surface area contributed by atoms with Gasteiger partial charge in [-0.2, -0.15) is 0 Å². The smallest absolute Gasteiger partial charge is 0.325 e. The second-order valence-electron chi connectivity index (χ2n) is 25.1. The molecule has 4 saturated heterocycles. The normalized spacial score (nSPS) is 29.2. The molecule has 0 aromatic rings. The Labute approximate surface area is 469 Å². The zero-order valence-electron chi connectivity index (χ0n) is 50.6. The number of fused-ring (bicyclic) bond motifs is 2. The van der Waals surface area contributed by atoms with Crippen LogP contribution in [-0.2, 0) is 57.5 Å². The van der Waals surface area contributed by atoms with Gasteiger partial charge in [-0.1, -0.05) is 83.1 Å². The van der Waals surface area contributed by atoms with Crippen LogP contribution in [0.4, 0.5) is 0 Å². The molecule has 0 aromatic heterocycles. The number of likely N-dealkylation sites (tertiary alicyclic amines) is 1. The van der Waals surface area contributed by atoms with Crippen molar-refractivity contribution in [2.24, 2.45) is 41.4 Å². The highest BCUT2D eigenvalue weighted by Gasteiger charge is 2.49. The van der Waals surface area contributed by atoms with Gasteiger partial charge in [0.2, 0.25) is 59.1 Å². The second kappa shape index (κ2) is 28.0. The van der Waals surface area contributed by atoms with Crippen LogP contribution in [0, 0.1) is 41.4 Å². The molecule has 4 aliphatic rings. The first-order valence-electron chi connectivity index (χ1n) is 28.7. The Morgan fingerprint density at radius 1 is 0.658 bits per heavy atom. The molecule has 4 fully saturated rings. The maximum absolute atomic E-state index is 15.1. The van der Waals surface area contributed by atoms with E-state index < -0.39 is 132 Å². The quantitative estimate of drug-likeness (QED) is 0.238. The fraction of sp³-hybridized carbons (Fsp3) is 0.807. The SMILES string of the molecule is CC(=O)N(C)[C@H](C(=O)N1C[C@H](C)C[C@H]1C(=O)N(C)C1C(=O)N[C@@H](CC(C)C)C(=O)N2C[C@H](C)C[C@H]2C(=O)NC(CC(C)C)C(=O)N(C)[C@@H](C(C)C)C(=O)N2CCC[C@H]2C(=O)N(C)[C@H](CC(C)C)C(=O)NCC(=O)O[C@@H]1C)C(C)C. The van der Waals surface area contributed by atoms with Gasteiger partial charge >= 0.3 is 5.97 Å². The largest absolute Gasteiger partial charge is 0.459 e. The van der Waals surface area contributed by atoms with E-state index in [1.54, 1.807) is 27.7 Å². The zero-order chi connectivity index (χ0) is 59.8. The molecule has 22 nitrogen and oxygen atoms in total. The van der Waals surface area contributed by atoms with Gasteiger partial charge in [0.25, 0.3) is 0 Å². The summed E-state index contributed by atoms with van der Waals surface area (Å²) in [5.74, 6) is -8.16. The molecule has 0 radical (unpaired) electrons. The van der Waals surface area contributed by atoms with E-state index in [9.17, 15) is 38.4 Å². The Hall–Kier alpha value is -5.83. The number of esters is 1. The number of hydrogen-bond acceptors (Lipinski definition) is 12. The lowest BCUT2D eigenvalue weighted by Crippen LogP contribution is -2.62. The van der Waals surface area contributed by atoms with Crippen molar-refractivity contribution >= 4 is 65.0 Å². The molecule has 4 rings (SSSR count). The lowest BCUT2D eigenvalue weighted by atomic mass is 9.97. The Kier molecular flexibility index (Phi) is 23.3. The van der Waals surface area contributed by atoms with Crippen LogP contribution in [0.5, 0.6) is 0 Å². The van der Waals surface area contributed by atoms with Crippen molar-refractivity contribution in [2.45, 2.75) is 202 Å². The lowest BCUT2D eigenvalue weighted by molar-refractivity contribution is -0.160. The van der Waals surface area contributed by atoms with Crippen LogP contribution < -0.4 is 16.0 Å². The Bertz CT molecular complexity index is 2260. The molecule has 10 amide bonds. The number of cyclic esters (lactones) is 1. The maximum Gasteiger partial charge on any atom is 0.325 e. The highest BCUT2D eigenvalue weighted by atomic mass is 16.5. The van der Waals surface area contributed by atoms with E-state index >= 15 is 14.4 Å². The maximum atomic E-state index is 15.1. The standard InChI is InChI=1S/C57H96N10O12/c1-30(2)22-39-52(73)63(17)47(34(9)10)56(77)65-21-19-20-41(65)54(75)62(16)42(24-32(5)6)49(70)58-27-45(69)79-37(13)48(51(72)60-40(23-31(3)4)53(74)66-28-35(11)25-43(66)50(71)59-39)64(18)55(76)44-26-36(12)29-67(44)57(78)46(33(7)8)61(15)38(14)68/h30-37,39-44,46-48H,19-29H2,1-18H3,(H,58,70)(H,59,71)(H,60,72)/t35-,36-,37-,39?,40+,41+,42-,43+,44+,46+,47+,48?/m1/s1. The van der Waals surface area contributed by atoms with E-state index in [0.717, 1.165) is 4.90 Å². The molecule has 0 saturated carbocycles. The fourth-order valence-corrected chi connectivity index (χ4v) is 12.1. The highest BCUT2D eigenvalue weighted by molar-refractivity contribution is 5.99. The van der Waals surface area contributed by atoms with Crippen molar-refractivity contribution in [3.8, 4) is 0 Å². The number of amides is 10. The topological polar surface area (TPSA) is 256 Å². The predicted octanol–water partition coefficient (Wildman–Crippen LogP) is 2.26. The minimum atomic E-state index is -1.63. The van der Waals surface area contributed by atoms with Crippen LogP contribution >= 0.6 is 0 Å². The second-order valence-corrected chi connectivity index (χ2v) is 25.1. The van der Waals surface area contributed by atoms with Gasteiger partial charge in [-0.3, -0.25) is 52.7 Å². The summed E-state index contributed by atoms with van der Waals surface area (Å²) in [5.41, 5.74) is 0. The number of carbonyl (C=O) groups is 11. The minimum absolute atomic E-state index is 0.0906. The van der Waals surface area contributed by atoms with Gasteiger partial charge in [0.1, 0.15) is 67.0 Å². The lowest BCUT2D eigenvalue weighted by Gasteiger charge is -2.38.